The van der Waals surface area contributed by atoms with E-state index in [-0.39, 0.29) is 13.2 Å². The second kappa shape index (κ2) is 8.53. The van der Waals surface area contributed by atoms with Crippen molar-refractivity contribution < 1.29 is 19.1 Å². The number of amides is 1. The zero-order valence-electron chi connectivity index (χ0n) is 13.9. The fourth-order valence-corrected chi connectivity index (χ4v) is 3.55. The summed E-state index contributed by atoms with van der Waals surface area (Å²) in [5, 5.41) is 1.31. The molecule has 0 aliphatic rings. The van der Waals surface area contributed by atoms with Crippen LogP contribution < -0.4 is 10.5 Å². The van der Waals surface area contributed by atoms with Gasteiger partial charge in [-0.3, -0.25) is 9.78 Å². The standard InChI is InChI=1S/C19H14ClIN2O4/c20-14-8-15(21)18(17-13(14)2-1-7-23-17)27-10-16(24)26-9-11-3-5-12(6-4-11)19(22)25/h1-8H,9-10H2,(H2,22,25). The number of aromatic nitrogens is 1. The van der Waals surface area contributed by atoms with Gasteiger partial charge in [0.25, 0.3) is 0 Å². The summed E-state index contributed by atoms with van der Waals surface area (Å²) in [6, 6.07) is 11.9. The van der Waals surface area contributed by atoms with Crippen molar-refractivity contribution in [3.63, 3.8) is 0 Å². The third-order valence-electron chi connectivity index (χ3n) is 3.72. The second-order valence-electron chi connectivity index (χ2n) is 5.58. The summed E-state index contributed by atoms with van der Waals surface area (Å²) in [7, 11) is 0. The molecular formula is C19H14ClIN2O4. The Hall–Kier alpha value is -2.39. The normalized spacial score (nSPS) is 10.6. The minimum Gasteiger partial charge on any atom is -0.478 e. The van der Waals surface area contributed by atoms with Crippen LogP contribution in [0.5, 0.6) is 5.75 Å². The first-order chi connectivity index (χ1) is 13.0. The van der Waals surface area contributed by atoms with Gasteiger partial charge in [0.2, 0.25) is 5.91 Å². The number of benzene rings is 2. The molecule has 1 amide bonds. The van der Waals surface area contributed by atoms with Crippen LogP contribution in [0.3, 0.4) is 0 Å². The van der Waals surface area contributed by atoms with E-state index in [0.29, 0.717) is 21.9 Å². The molecular weight excluding hydrogens is 483 g/mol. The number of hydrogen-bond donors (Lipinski definition) is 1. The minimum atomic E-state index is -0.524. The first-order valence-electron chi connectivity index (χ1n) is 7.85. The first-order valence-corrected chi connectivity index (χ1v) is 9.31. The van der Waals surface area contributed by atoms with Crippen molar-refractivity contribution in [2.24, 2.45) is 5.73 Å². The van der Waals surface area contributed by atoms with E-state index in [0.717, 1.165) is 14.5 Å². The van der Waals surface area contributed by atoms with Gasteiger partial charge in [-0.25, -0.2) is 4.79 Å². The van der Waals surface area contributed by atoms with E-state index >= 15 is 0 Å². The molecule has 0 bridgehead atoms. The van der Waals surface area contributed by atoms with Gasteiger partial charge in [-0.15, -0.1) is 0 Å². The Morgan fingerprint density at radius 2 is 1.93 bits per heavy atom. The number of carbonyl (C=O) groups excluding carboxylic acids is 2. The van der Waals surface area contributed by atoms with E-state index in [2.05, 4.69) is 27.6 Å². The molecule has 0 saturated heterocycles. The largest absolute Gasteiger partial charge is 0.478 e. The van der Waals surface area contributed by atoms with Crippen LogP contribution >= 0.6 is 34.2 Å². The molecule has 0 atom stereocenters. The van der Waals surface area contributed by atoms with Gasteiger partial charge in [0.15, 0.2) is 12.4 Å². The Labute approximate surface area is 173 Å². The molecule has 3 rings (SSSR count). The highest BCUT2D eigenvalue weighted by atomic mass is 127. The highest BCUT2D eigenvalue weighted by molar-refractivity contribution is 14.1. The van der Waals surface area contributed by atoms with E-state index in [1.165, 1.54) is 0 Å². The molecule has 0 unspecified atom stereocenters. The average Bonchev–Trinajstić information content (AvgIpc) is 2.66. The maximum Gasteiger partial charge on any atom is 0.344 e. The van der Waals surface area contributed by atoms with Gasteiger partial charge < -0.3 is 15.2 Å². The zero-order valence-corrected chi connectivity index (χ0v) is 16.9. The topological polar surface area (TPSA) is 91.5 Å². The molecule has 1 aromatic heterocycles. The van der Waals surface area contributed by atoms with Crippen molar-refractivity contribution in [2.75, 3.05) is 6.61 Å². The van der Waals surface area contributed by atoms with Gasteiger partial charge in [0.1, 0.15) is 12.1 Å². The molecule has 8 heteroatoms. The number of rotatable bonds is 6. The lowest BCUT2D eigenvalue weighted by Gasteiger charge is -2.12. The van der Waals surface area contributed by atoms with Gasteiger partial charge in [0.05, 0.1) is 8.59 Å². The molecule has 138 valence electrons. The van der Waals surface area contributed by atoms with Crippen LogP contribution in [-0.4, -0.2) is 23.5 Å². The number of esters is 1. The van der Waals surface area contributed by atoms with Crippen molar-refractivity contribution in [1.29, 1.82) is 0 Å². The maximum atomic E-state index is 12.0. The Morgan fingerprint density at radius 3 is 2.63 bits per heavy atom. The summed E-state index contributed by atoms with van der Waals surface area (Å²) in [5.41, 5.74) is 6.91. The molecule has 0 spiro atoms. The number of hydrogen-bond acceptors (Lipinski definition) is 5. The number of nitrogens with two attached hydrogens (primary N) is 1. The molecule has 3 aromatic rings. The summed E-state index contributed by atoms with van der Waals surface area (Å²) >= 11 is 8.30. The lowest BCUT2D eigenvalue weighted by atomic mass is 10.1. The van der Waals surface area contributed by atoms with Crippen molar-refractivity contribution in [1.82, 2.24) is 4.98 Å². The molecule has 6 nitrogen and oxygen atoms in total. The van der Waals surface area contributed by atoms with Crippen LogP contribution in [0.2, 0.25) is 5.02 Å². The van der Waals surface area contributed by atoms with Crippen LogP contribution in [0.15, 0.2) is 48.7 Å². The lowest BCUT2D eigenvalue weighted by molar-refractivity contribution is -0.147. The highest BCUT2D eigenvalue weighted by Gasteiger charge is 2.14. The Morgan fingerprint density at radius 1 is 1.19 bits per heavy atom. The van der Waals surface area contributed by atoms with Crippen molar-refractivity contribution in [3.8, 4) is 5.75 Å². The van der Waals surface area contributed by atoms with Crippen LogP contribution in [0.4, 0.5) is 0 Å². The number of halogens is 2. The number of fused-ring (bicyclic) bond motifs is 1. The summed E-state index contributed by atoms with van der Waals surface area (Å²) in [4.78, 5) is 27.3. The average molecular weight is 497 g/mol. The third kappa shape index (κ3) is 4.67. The number of carbonyl (C=O) groups is 2. The van der Waals surface area contributed by atoms with Gasteiger partial charge in [-0.1, -0.05) is 23.7 Å². The van der Waals surface area contributed by atoms with Crippen molar-refractivity contribution in [3.05, 3.63) is 68.4 Å². The molecule has 0 saturated carbocycles. The molecule has 0 aliphatic carbocycles. The summed E-state index contributed by atoms with van der Waals surface area (Å²) in [6.07, 6.45) is 1.63. The number of pyridine rings is 1. The summed E-state index contributed by atoms with van der Waals surface area (Å²) in [5.74, 6) is -0.549. The number of ether oxygens (including phenoxy) is 2. The molecule has 1 heterocycles. The fourth-order valence-electron chi connectivity index (χ4n) is 2.39. The summed E-state index contributed by atoms with van der Waals surface area (Å²) in [6.45, 7) is -0.194. The molecule has 0 fully saturated rings. The van der Waals surface area contributed by atoms with Crippen LogP contribution in [0.1, 0.15) is 15.9 Å². The van der Waals surface area contributed by atoms with Gasteiger partial charge in [-0.05, 0) is 58.5 Å². The predicted molar refractivity (Wildman–Crippen MR) is 110 cm³/mol. The Balaban J connectivity index is 1.63. The van der Waals surface area contributed by atoms with Crippen LogP contribution in [0, 0.1) is 3.57 Å². The van der Waals surface area contributed by atoms with Gasteiger partial charge in [-0.2, -0.15) is 0 Å². The van der Waals surface area contributed by atoms with Crippen LogP contribution in [0.25, 0.3) is 10.9 Å². The smallest absolute Gasteiger partial charge is 0.344 e. The van der Waals surface area contributed by atoms with E-state index in [4.69, 9.17) is 26.8 Å². The molecule has 2 aromatic carbocycles. The second-order valence-corrected chi connectivity index (χ2v) is 7.15. The quantitative estimate of drug-likeness (QED) is 0.415. The maximum absolute atomic E-state index is 12.0. The minimum absolute atomic E-state index is 0.0674. The van der Waals surface area contributed by atoms with Crippen LogP contribution in [-0.2, 0) is 16.1 Å². The predicted octanol–water partition coefficient (Wildman–Crippen LogP) is 3.71. The number of nitrogens with zero attached hydrogens (tertiary/aromatic N) is 1. The zero-order chi connectivity index (χ0) is 19.4. The van der Waals surface area contributed by atoms with Crippen molar-refractivity contribution in [2.45, 2.75) is 6.61 Å². The Bertz CT molecular complexity index is 1010. The third-order valence-corrected chi connectivity index (χ3v) is 4.84. The lowest BCUT2D eigenvalue weighted by Crippen LogP contribution is -2.15. The fraction of sp³-hybridized carbons (Fsp3) is 0.105. The Kier molecular flexibility index (Phi) is 6.12. The van der Waals surface area contributed by atoms with Gasteiger partial charge >= 0.3 is 5.97 Å². The molecule has 27 heavy (non-hydrogen) atoms. The SMILES string of the molecule is NC(=O)c1ccc(COC(=O)COc2c(I)cc(Cl)c3cccnc23)cc1. The molecule has 0 aliphatic heterocycles. The molecule has 0 radical (unpaired) electrons. The summed E-state index contributed by atoms with van der Waals surface area (Å²) < 4.78 is 11.6. The van der Waals surface area contributed by atoms with E-state index in [9.17, 15) is 9.59 Å². The first kappa shape index (κ1) is 19.4. The van der Waals surface area contributed by atoms with Crippen molar-refractivity contribution >= 4 is 57.0 Å². The van der Waals surface area contributed by atoms with E-state index in [1.807, 2.05) is 6.07 Å². The van der Waals surface area contributed by atoms with Gasteiger partial charge in [0, 0.05) is 17.1 Å². The number of primary amides is 1. The monoisotopic (exact) mass is 496 g/mol. The van der Waals surface area contributed by atoms with E-state index in [1.54, 1.807) is 42.6 Å². The van der Waals surface area contributed by atoms with E-state index < -0.39 is 11.9 Å². The molecule has 2 N–H and O–H groups in total. The highest BCUT2D eigenvalue weighted by Crippen LogP contribution is 2.34.